The van der Waals surface area contributed by atoms with E-state index in [2.05, 4.69) is 22.6 Å². The fraction of sp³-hybridized carbons (Fsp3) is 0.333. The molecule has 0 N–H and O–H groups in total. The van der Waals surface area contributed by atoms with Gasteiger partial charge in [0.1, 0.15) is 0 Å². The SMILES string of the molecule is C=C.O=C1COC(=O)CO1. The minimum Gasteiger partial charge on any atom is -0.451 e. The fourth-order valence-electron chi connectivity index (χ4n) is 0.362. The Bertz CT molecular complexity index is 113. The summed E-state index contributed by atoms with van der Waals surface area (Å²) in [5.41, 5.74) is 0. The third kappa shape index (κ3) is 2.86. The second kappa shape index (κ2) is 4.55. The number of esters is 2. The van der Waals surface area contributed by atoms with Gasteiger partial charge in [-0.15, -0.1) is 13.2 Å². The van der Waals surface area contributed by atoms with Crippen LogP contribution >= 0.6 is 0 Å². The Hall–Kier alpha value is -1.32. The van der Waals surface area contributed by atoms with Crippen LogP contribution in [-0.2, 0) is 19.1 Å². The maximum Gasteiger partial charge on any atom is 0.344 e. The molecule has 0 saturated carbocycles. The molecule has 0 radical (unpaired) electrons. The average Bonchev–Trinajstić information content (AvgIpc) is 2.00. The predicted octanol–water partition coefficient (Wildman–Crippen LogP) is -0.111. The molecule has 1 heterocycles. The average molecular weight is 144 g/mol. The van der Waals surface area contributed by atoms with Crippen LogP contribution in [0.1, 0.15) is 0 Å². The topological polar surface area (TPSA) is 52.6 Å². The first kappa shape index (κ1) is 8.68. The van der Waals surface area contributed by atoms with Gasteiger partial charge < -0.3 is 9.47 Å². The summed E-state index contributed by atoms with van der Waals surface area (Å²) < 4.78 is 8.55. The molecule has 0 amide bonds. The van der Waals surface area contributed by atoms with Gasteiger partial charge in [-0.2, -0.15) is 0 Å². The minimum atomic E-state index is -0.482. The van der Waals surface area contributed by atoms with Gasteiger partial charge in [0.15, 0.2) is 13.2 Å². The quantitative estimate of drug-likeness (QED) is 0.351. The molecular weight excluding hydrogens is 136 g/mol. The summed E-state index contributed by atoms with van der Waals surface area (Å²) in [5, 5.41) is 0. The Kier molecular flexibility index (Phi) is 3.95. The van der Waals surface area contributed by atoms with Crippen LogP contribution < -0.4 is 0 Å². The van der Waals surface area contributed by atoms with Gasteiger partial charge >= 0.3 is 11.9 Å². The van der Waals surface area contributed by atoms with Crippen molar-refractivity contribution in [2.75, 3.05) is 13.2 Å². The molecule has 0 aromatic rings. The molecule has 10 heavy (non-hydrogen) atoms. The molecule has 0 aliphatic carbocycles. The van der Waals surface area contributed by atoms with Gasteiger partial charge in [0, 0.05) is 0 Å². The van der Waals surface area contributed by atoms with Crippen molar-refractivity contribution in [1.29, 1.82) is 0 Å². The highest BCUT2D eigenvalue weighted by atomic mass is 16.6. The minimum absolute atomic E-state index is 0.237. The van der Waals surface area contributed by atoms with Crippen molar-refractivity contribution in [3.63, 3.8) is 0 Å². The van der Waals surface area contributed by atoms with Gasteiger partial charge in [0.25, 0.3) is 0 Å². The number of carbonyl (C=O) groups is 2. The number of hydrogen-bond donors (Lipinski definition) is 0. The van der Waals surface area contributed by atoms with E-state index in [1.165, 1.54) is 0 Å². The molecule has 0 bridgehead atoms. The molecule has 1 fully saturated rings. The molecule has 0 atom stereocenters. The van der Waals surface area contributed by atoms with Crippen molar-refractivity contribution in [3.8, 4) is 0 Å². The number of ether oxygens (including phenoxy) is 2. The summed E-state index contributed by atoms with van der Waals surface area (Å²) in [4.78, 5) is 20.2. The third-order valence-electron chi connectivity index (χ3n) is 0.702. The smallest absolute Gasteiger partial charge is 0.344 e. The summed E-state index contributed by atoms with van der Waals surface area (Å²) in [7, 11) is 0. The lowest BCUT2D eigenvalue weighted by Crippen LogP contribution is -2.27. The van der Waals surface area contributed by atoms with E-state index in [9.17, 15) is 9.59 Å². The van der Waals surface area contributed by atoms with Gasteiger partial charge in [-0.3, -0.25) is 0 Å². The molecule has 1 aliphatic rings. The first-order valence-corrected chi connectivity index (χ1v) is 2.60. The zero-order valence-corrected chi connectivity index (χ0v) is 5.46. The number of hydrogen-bond acceptors (Lipinski definition) is 4. The standard InChI is InChI=1S/C4H4O4.C2H4/c5-3-1-7-4(6)2-8-3;1-2/h1-2H2;1-2H2. The van der Waals surface area contributed by atoms with E-state index in [0.717, 1.165) is 0 Å². The van der Waals surface area contributed by atoms with Gasteiger partial charge in [0.05, 0.1) is 0 Å². The van der Waals surface area contributed by atoms with E-state index in [-0.39, 0.29) is 13.2 Å². The zero-order chi connectivity index (χ0) is 7.98. The second-order valence-corrected chi connectivity index (χ2v) is 1.32. The lowest BCUT2D eigenvalue weighted by Gasteiger charge is -2.09. The van der Waals surface area contributed by atoms with Crippen LogP contribution in [0.15, 0.2) is 13.2 Å². The molecule has 0 spiro atoms. The van der Waals surface area contributed by atoms with E-state index in [4.69, 9.17) is 0 Å². The van der Waals surface area contributed by atoms with E-state index in [1.807, 2.05) is 0 Å². The van der Waals surface area contributed by atoms with Crippen molar-refractivity contribution in [3.05, 3.63) is 13.2 Å². The van der Waals surface area contributed by atoms with Crippen LogP contribution in [0.4, 0.5) is 0 Å². The maximum absolute atomic E-state index is 10.1. The lowest BCUT2D eigenvalue weighted by atomic mass is 10.6. The van der Waals surface area contributed by atoms with Crippen molar-refractivity contribution in [2.24, 2.45) is 0 Å². The molecule has 1 aliphatic heterocycles. The van der Waals surface area contributed by atoms with E-state index in [1.54, 1.807) is 0 Å². The van der Waals surface area contributed by atoms with Gasteiger partial charge in [-0.05, 0) is 0 Å². The van der Waals surface area contributed by atoms with Gasteiger partial charge in [-0.25, -0.2) is 9.59 Å². The Morgan fingerprint density at radius 1 is 1.00 bits per heavy atom. The predicted molar refractivity (Wildman–Crippen MR) is 33.2 cm³/mol. The molecule has 0 unspecified atom stereocenters. The summed E-state index contributed by atoms with van der Waals surface area (Å²) in [6.45, 7) is 5.53. The van der Waals surface area contributed by atoms with Crippen LogP contribution in [0.25, 0.3) is 0 Å². The first-order chi connectivity index (χ1) is 4.79. The molecule has 4 nitrogen and oxygen atoms in total. The Morgan fingerprint density at radius 2 is 1.30 bits per heavy atom. The van der Waals surface area contributed by atoms with Crippen LogP contribution in [0.2, 0.25) is 0 Å². The van der Waals surface area contributed by atoms with Gasteiger partial charge in [0.2, 0.25) is 0 Å². The van der Waals surface area contributed by atoms with Crippen molar-refractivity contribution in [2.45, 2.75) is 0 Å². The highest BCUT2D eigenvalue weighted by Crippen LogP contribution is 1.90. The maximum atomic E-state index is 10.1. The lowest BCUT2D eigenvalue weighted by molar-refractivity contribution is -0.174. The highest BCUT2D eigenvalue weighted by Gasteiger charge is 2.16. The number of carbonyl (C=O) groups excluding carboxylic acids is 2. The fourth-order valence-corrected chi connectivity index (χ4v) is 0.362. The Morgan fingerprint density at radius 3 is 1.50 bits per heavy atom. The second-order valence-electron chi connectivity index (χ2n) is 1.32. The summed E-state index contributed by atoms with van der Waals surface area (Å²) in [5.74, 6) is -0.964. The number of rotatable bonds is 0. The summed E-state index contributed by atoms with van der Waals surface area (Å²) in [6.07, 6.45) is 0. The van der Waals surface area contributed by atoms with E-state index < -0.39 is 11.9 Å². The summed E-state index contributed by atoms with van der Waals surface area (Å²) in [6, 6.07) is 0. The monoisotopic (exact) mass is 144 g/mol. The Labute approximate surface area is 58.4 Å². The molecule has 0 aromatic carbocycles. The molecule has 4 heteroatoms. The largest absolute Gasteiger partial charge is 0.451 e. The molecule has 0 aromatic heterocycles. The molecule has 1 rings (SSSR count). The van der Waals surface area contributed by atoms with Crippen LogP contribution in [0, 0.1) is 0 Å². The van der Waals surface area contributed by atoms with Crippen LogP contribution in [-0.4, -0.2) is 25.2 Å². The van der Waals surface area contributed by atoms with Crippen molar-refractivity contribution in [1.82, 2.24) is 0 Å². The van der Waals surface area contributed by atoms with Crippen LogP contribution in [0.5, 0.6) is 0 Å². The number of cyclic esters (lactones) is 2. The molecule has 1 saturated heterocycles. The van der Waals surface area contributed by atoms with Crippen molar-refractivity contribution < 1.29 is 19.1 Å². The van der Waals surface area contributed by atoms with Crippen molar-refractivity contribution >= 4 is 11.9 Å². The van der Waals surface area contributed by atoms with E-state index in [0.29, 0.717) is 0 Å². The first-order valence-electron chi connectivity index (χ1n) is 2.60. The summed E-state index contributed by atoms with van der Waals surface area (Å²) >= 11 is 0. The van der Waals surface area contributed by atoms with Gasteiger partial charge in [-0.1, -0.05) is 0 Å². The third-order valence-corrected chi connectivity index (χ3v) is 0.702. The molecular formula is C6H8O4. The van der Waals surface area contributed by atoms with E-state index >= 15 is 0 Å². The highest BCUT2D eigenvalue weighted by molar-refractivity contribution is 5.82. The zero-order valence-electron chi connectivity index (χ0n) is 5.46. The Balaban J connectivity index is 0.000000371. The van der Waals surface area contributed by atoms with Crippen LogP contribution in [0.3, 0.4) is 0 Å². The molecule has 56 valence electrons. The normalized spacial score (nSPS) is 16.0.